The first-order valence-corrected chi connectivity index (χ1v) is 6.86. The predicted octanol–water partition coefficient (Wildman–Crippen LogP) is 3.34. The molecular formula is C17H20N2O2. The standard InChI is InChI=1S/C17H20N2O2/c1-11-6-5-7-14(8-11)10-19(4)16-15(17(20)21)12(2)9-13(3)18-16/h5-9H,10H2,1-4H3,(H,20,21). The summed E-state index contributed by atoms with van der Waals surface area (Å²) in [6, 6.07) is 9.98. The van der Waals surface area contributed by atoms with Crippen molar-refractivity contribution in [1.82, 2.24) is 4.98 Å². The van der Waals surface area contributed by atoms with Crippen molar-refractivity contribution in [2.24, 2.45) is 0 Å². The fourth-order valence-electron chi connectivity index (χ4n) is 2.52. The smallest absolute Gasteiger partial charge is 0.339 e. The molecule has 0 atom stereocenters. The molecular weight excluding hydrogens is 264 g/mol. The van der Waals surface area contributed by atoms with Gasteiger partial charge in [0.15, 0.2) is 0 Å². The summed E-state index contributed by atoms with van der Waals surface area (Å²) in [5.41, 5.74) is 4.16. The maximum absolute atomic E-state index is 11.5. The zero-order valence-electron chi connectivity index (χ0n) is 12.8. The number of carboxylic acid groups (broad SMARTS) is 1. The third-order valence-corrected chi connectivity index (χ3v) is 3.40. The average Bonchev–Trinajstić information content (AvgIpc) is 2.37. The summed E-state index contributed by atoms with van der Waals surface area (Å²) in [7, 11) is 1.87. The zero-order valence-corrected chi connectivity index (χ0v) is 12.8. The molecule has 0 unspecified atom stereocenters. The monoisotopic (exact) mass is 284 g/mol. The van der Waals surface area contributed by atoms with E-state index in [-0.39, 0.29) is 5.56 Å². The summed E-state index contributed by atoms with van der Waals surface area (Å²) in [6.45, 7) is 6.35. The van der Waals surface area contributed by atoms with E-state index in [0.717, 1.165) is 16.8 Å². The summed E-state index contributed by atoms with van der Waals surface area (Å²) >= 11 is 0. The normalized spacial score (nSPS) is 10.5. The molecule has 0 aliphatic heterocycles. The van der Waals surface area contributed by atoms with Gasteiger partial charge in [-0.05, 0) is 38.0 Å². The summed E-state index contributed by atoms with van der Waals surface area (Å²) in [6.07, 6.45) is 0. The molecule has 2 rings (SSSR count). The van der Waals surface area contributed by atoms with Gasteiger partial charge >= 0.3 is 5.97 Å². The van der Waals surface area contributed by atoms with Gasteiger partial charge in [0.2, 0.25) is 0 Å². The van der Waals surface area contributed by atoms with E-state index in [1.165, 1.54) is 5.56 Å². The first-order valence-electron chi connectivity index (χ1n) is 6.86. The van der Waals surface area contributed by atoms with E-state index in [0.29, 0.717) is 12.4 Å². The Bertz CT molecular complexity index is 680. The summed E-state index contributed by atoms with van der Waals surface area (Å²) < 4.78 is 0. The van der Waals surface area contributed by atoms with Crippen LogP contribution in [-0.2, 0) is 6.54 Å². The largest absolute Gasteiger partial charge is 0.478 e. The minimum Gasteiger partial charge on any atom is -0.478 e. The van der Waals surface area contributed by atoms with E-state index in [2.05, 4.69) is 11.1 Å². The lowest BCUT2D eigenvalue weighted by Gasteiger charge is -2.22. The first kappa shape index (κ1) is 15.0. The Morgan fingerprint density at radius 1 is 1.24 bits per heavy atom. The quantitative estimate of drug-likeness (QED) is 0.935. The highest BCUT2D eigenvalue weighted by atomic mass is 16.4. The van der Waals surface area contributed by atoms with Crippen LogP contribution in [0, 0.1) is 20.8 Å². The van der Waals surface area contributed by atoms with Gasteiger partial charge in [0.1, 0.15) is 11.4 Å². The van der Waals surface area contributed by atoms with Gasteiger partial charge in [-0.15, -0.1) is 0 Å². The molecule has 1 heterocycles. The van der Waals surface area contributed by atoms with Crippen LogP contribution in [0.5, 0.6) is 0 Å². The number of aromatic carboxylic acids is 1. The Kier molecular flexibility index (Phi) is 4.26. The van der Waals surface area contributed by atoms with Crippen molar-refractivity contribution in [1.29, 1.82) is 0 Å². The van der Waals surface area contributed by atoms with Crippen molar-refractivity contribution in [2.75, 3.05) is 11.9 Å². The molecule has 0 amide bonds. The SMILES string of the molecule is Cc1cccc(CN(C)c2nc(C)cc(C)c2C(=O)O)c1. The number of benzene rings is 1. The van der Waals surface area contributed by atoms with Crippen LogP contribution in [0.4, 0.5) is 5.82 Å². The number of hydrogen-bond donors (Lipinski definition) is 1. The number of hydrogen-bond acceptors (Lipinski definition) is 3. The fourth-order valence-corrected chi connectivity index (χ4v) is 2.52. The summed E-state index contributed by atoms with van der Waals surface area (Å²) in [5.74, 6) is -0.424. The highest BCUT2D eigenvalue weighted by Gasteiger charge is 2.18. The van der Waals surface area contributed by atoms with Crippen LogP contribution in [0.15, 0.2) is 30.3 Å². The van der Waals surface area contributed by atoms with Crippen molar-refractivity contribution in [2.45, 2.75) is 27.3 Å². The molecule has 110 valence electrons. The number of pyridine rings is 1. The lowest BCUT2D eigenvalue weighted by Crippen LogP contribution is -2.22. The van der Waals surface area contributed by atoms with Crippen LogP contribution in [0.3, 0.4) is 0 Å². The summed E-state index contributed by atoms with van der Waals surface area (Å²) in [4.78, 5) is 17.8. The van der Waals surface area contributed by atoms with Crippen LogP contribution in [-0.4, -0.2) is 23.1 Å². The number of rotatable bonds is 4. The topological polar surface area (TPSA) is 53.4 Å². The molecule has 0 fully saturated rings. The van der Waals surface area contributed by atoms with E-state index in [4.69, 9.17) is 0 Å². The minimum absolute atomic E-state index is 0.274. The highest BCUT2D eigenvalue weighted by Crippen LogP contribution is 2.23. The molecule has 0 bridgehead atoms. The van der Waals surface area contributed by atoms with Crippen molar-refractivity contribution < 1.29 is 9.90 Å². The lowest BCUT2D eigenvalue weighted by molar-refractivity contribution is 0.0696. The number of carboxylic acids is 1. The van der Waals surface area contributed by atoms with Gasteiger partial charge < -0.3 is 10.0 Å². The molecule has 1 aromatic heterocycles. The van der Waals surface area contributed by atoms with Gasteiger partial charge in [0, 0.05) is 19.3 Å². The van der Waals surface area contributed by atoms with Gasteiger partial charge in [-0.3, -0.25) is 0 Å². The number of nitrogens with zero attached hydrogens (tertiary/aromatic N) is 2. The molecule has 0 aliphatic rings. The molecule has 2 aromatic rings. The maximum Gasteiger partial charge on any atom is 0.339 e. The molecule has 0 spiro atoms. The van der Waals surface area contributed by atoms with Crippen LogP contribution in [0.2, 0.25) is 0 Å². The second-order valence-electron chi connectivity index (χ2n) is 5.43. The third kappa shape index (κ3) is 3.40. The van der Waals surface area contributed by atoms with Gasteiger partial charge in [-0.2, -0.15) is 0 Å². The van der Waals surface area contributed by atoms with Crippen molar-refractivity contribution in [3.8, 4) is 0 Å². The Hall–Kier alpha value is -2.36. The Morgan fingerprint density at radius 3 is 2.57 bits per heavy atom. The molecule has 1 N–H and O–H groups in total. The second kappa shape index (κ2) is 5.95. The maximum atomic E-state index is 11.5. The highest BCUT2D eigenvalue weighted by molar-refractivity contribution is 5.95. The molecule has 1 aromatic carbocycles. The Balaban J connectivity index is 2.39. The average molecular weight is 284 g/mol. The van der Waals surface area contributed by atoms with Crippen molar-refractivity contribution in [3.05, 3.63) is 58.3 Å². The summed E-state index contributed by atoms with van der Waals surface area (Å²) in [5, 5.41) is 9.43. The number of aryl methyl sites for hydroxylation is 3. The fraction of sp³-hybridized carbons (Fsp3) is 0.294. The van der Waals surface area contributed by atoms with Crippen molar-refractivity contribution in [3.63, 3.8) is 0 Å². The molecule has 0 saturated heterocycles. The molecule has 0 saturated carbocycles. The van der Waals surface area contributed by atoms with Gasteiger partial charge in [-0.25, -0.2) is 9.78 Å². The lowest BCUT2D eigenvalue weighted by atomic mass is 10.1. The first-order chi connectivity index (χ1) is 9.88. The van der Waals surface area contributed by atoms with Crippen LogP contribution < -0.4 is 4.90 Å². The van der Waals surface area contributed by atoms with Crippen LogP contribution >= 0.6 is 0 Å². The Morgan fingerprint density at radius 2 is 1.95 bits per heavy atom. The molecule has 0 aliphatic carbocycles. The zero-order chi connectivity index (χ0) is 15.6. The van der Waals surface area contributed by atoms with E-state index in [1.54, 1.807) is 6.07 Å². The molecule has 4 heteroatoms. The Labute approximate surface area is 125 Å². The van der Waals surface area contributed by atoms with E-state index in [1.807, 2.05) is 50.9 Å². The number of anilines is 1. The molecule has 4 nitrogen and oxygen atoms in total. The second-order valence-corrected chi connectivity index (χ2v) is 5.43. The van der Waals surface area contributed by atoms with E-state index < -0.39 is 5.97 Å². The van der Waals surface area contributed by atoms with Crippen LogP contribution in [0.1, 0.15) is 32.7 Å². The van der Waals surface area contributed by atoms with E-state index in [9.17, 15) is 9.90 Å². The molecule has 21 heavy (non-hydrogen) atoms. The minimum atomic E-state index is -0.939. The third-order valence-electron chi connectivity index (χ3n) is 3.40. The molecule has 0 radical (unpaired) electrons. The van der Waals surface area contributed by atoms with Gasteiger partial charge in [0.25, 0.3) is 0 Å². The number of aromatic nitrogens is 1. The van der Waals surface area contributed by atoms with E-state index >= 15 is 0 Å². The number of carbonyl (C=O) groups is 1. The van der Waals surface area contributed by atoms with Gasteiger partial charge in [0.05, 0.1) is 0 Å². The predicted molar refractivity (Wildman–Crippen MR) is 84.0 cm³/mol. The van der Waals surface area contributed by atoms with Crippen LogP contribution in [0.25, 0.3) is 0 Å². The van der Waals surface area contributed by atoms with Gasteiger partial charge in [-0.1, -0.05) is 29.8 Å². The van der Waals surface area contributed by atoms with Crippen molar-refractivity contribution >= 4 is 11.8 Å².